The second-order valence-electron chi connectivity index (χ2n) is 5.20. The van der Waals surface area contributed by atoms with E-state index in [0.717, 1.165) is 24.9 Å². The van der Waals surface area contributed by atoms with Crippen LogP contribution in [0.15, 0.2) is 0 Å². The van der Waals surface area contributed by atoms with Gasteiger partial charge in [0.1, 0.15) is 6.04 Å². The van der Waals surface area contributed by atoms with Crippen LogP contribution in [-0.4, -0.2) is 37.1 Å². The number of nitrogens with one attached hydrogen (secondary N) is 1. The molecule has 0 aliphatic heterocycles. The van der Waals surface area contributed by atoms with Gasteiger partial charge in [-0.3, -0.25) is 5.32 Å². The monoisotopic (exact) mass is 209 g/mol. The molecule has 1 aliphatic rings. The van der Waals surface area contributed by atoms with Crippen molar-refractivity contribution in [1.29, 1.82) is 5.26 Å². The molecule has 0 spiro atoms. The molecular formula is C12H23N3. The third-order valence-corrected chi connectivity index (χ3v) is 3.01. The number of hydrogen-bond donors (Lipinski definition) is 1. The van der Waals surface area contributed by atoms with E-state index in [2.05, 4.69) is 44.1 Å². The van der Waals surface area contributed by atoms with E-state index < -0.39 is 0 Å². The Morgan fingerprint density at radius 2 is 2.13 bits per heavy atom. The van der Waals surface area contributed by atoms with Crippen LogP contribution in [0.5, 0.6) is 0 Å². The highest BCUT2D eigenvalue weighted by Crippen LogP contribution is 2.37. The average Bonchev–Trinajstić information content (AvgIpc) is 2.79. The predicted octanol–water partition coefficient (Wildman–Crippen LogP) is 1.46. The maximum atomic E-state index is 8.99. The number of hydrogen-bond acceptors (Lipinski definition) is 3. The fourth-order valence-electron chi connectivity index (χ4n) is 1.97. The zero-order valence-corrected chi connectivity index (χ0v) is 10.3. The van der Waals surface area contributed by atoms with Crippen molar-refractivity contribution in [1.82, 2.24) is 10.2 Å². The third-order valence-electron chi connectivity index (χ3n) is 3.01. The molecule has 0 amide bonds. The molecule has 0 aromatic carbocycles. The number of likely N-dealkylation sites (N-methyl/N-ethyl adjacent to an activating group) is 1. The van der Waals surface area contributed by atoms with Crippen LogP contribution in [-0.2, 0) is 0 Å². The summed E-state index contributed by atoms with van der Waals surface area (Å²) in [6.45, 7) is 8.42. The quantitative estimate of drug-likeness (QED) is 0.720. The molecule has 1 fully saturated rings. The standard InChI is InChI=1S/C12H23N3/c1-9(2)14-12(6-13)8-15(4)7-11-5-10(11)3/h9-12,14H,5,7-8H2,1-4H3. The van der Waals surface area contributed by atoms with E-state index in [4.69, 9.17) is 5.26 Å². The first-order chi connectivity index (χ1) is 7.02. The van der Waals surface area contributed by atoms with Gasteiger partial charge in [-0.25, -0.2) is 0 Å². The lowest BCUT2D eigenvalue weighted by Crippen LogP contribution is -2.42. The molecule has 0 bridgehead atoms. The Labute approximate surface area is 93.5 Å². The zero-order chi connectivity index (χ0) is 11.4. The van der Waals surface area contributed by atoms with E-state index in [-0.39, 0.29) is 6.04 Å². The number of nitrogens with zero attached hydrogens (tertiary/aromatic N) is 2. The smallest absolute Gasteiger partial charge is 0.108 e. The molecule has 0 saturated heterocycles. The molecule has 0 aromatic rings. The minimum atomic E-state index is -0.0379. The van der Waals surface area contributed by atoms with Gasteiger partial charge in [0.15, 0.2) is 0 Å². The van der Waals surface area contributed by atoms with Gasteiger partial charge in [-0.05, 0) is 39.2 Å². The molecule has 3 nitrogen and oxygen atoms in total. The van der Waals surface area contributed by atoms with Crippen LogP contribution >= 0.6 is 0 Å². The summed E-state index contributed by atoms with van der Waals surface area (Å²) in [5.74, 6) is 1.76. The van der Waals surface area contributed by atoms with Gasteiger partial charge in [-0.15, -0.1) is 0 Å². The van der Waals surface area contributed by atoms with Crippen molar-refractivity contribution in [3.05, 3.63) is 0 Å². The van der Waals surface area contributed by atoms with E-state index in [0.29, 0.717) is 6.04 Å². The molecule has 3 unspecified atom stereocenters. The van der Waals surface area contributed by atoms with Crippen molar-refractivity contribution in [2.24, 2.45) is 11.8 Å². The van der Waals surface area contributed by atoms with Gasteiger partial charge in [0.2, 0.25) is 0 Å². The molecule has 1 saturated carbocycles. The Balaban J connectivity index is 2.22. The second kappa shape index (κ2) is 5.48. The lowest BCUT2D eigenvalue weighted by atomic mass is 10.2. The number of rotatable bonds is 6. The summed E-state index contributed by atoms with van der Waals surface area (Å²) in [6.07, 6.45) is 1.36. The third kappa shape index (κ3) is 4.63. The second-order valence-corrected chi connectivity index (χ2v) is 5.20. The normalized spacial score (nSPS) is 26.7. The Kier molecular flexibility index (Phi) is 4.56. The molecule has 15 heavy (non-hydrogen) atoms. The van der Waals surface area contributed by atoms with Crippen molar-refractivity contribution >= 4 is 0 Å². The van der Waals surface area contributed by atoms with Crippen LogP contribution in [0.3, 0.4) is 0 Å². The van der Waals surface area contributed by atoms with Crippen molar-refractivity contribution in [3.8, 4) is 6.07 Å². The summed E-state index contributed by atoms with van der Waals surface area (Å²) < 4.78 is 0. The summed E-state index contributed by atoms with van der Waals surface area (Å²) in [6, 6.07) is 2.66. The lowest BCUT2D eigenvalue weighted by Gasteiger charge is -2.22. The Morgan fingerprint density at radius 3 is 2.53 bits per heavy atom. The number of nitriles is 1. The van der Waals surface area contributed by atoms with Gasteiger partial charge in [0, 0.05) is 19.1 Å². The molecule has 86 valence electrons. The highest BCUT2D eigenvalue weighted by Gasteiger charge is 2.33. The van der Waals surface area contributed by atoms with Gasteiger partial charge >= 0.3 is 0 Å². The van der Waals surface area contributed by atoms with Crippen molar-refractivity contribution < 1.29 is 0 Å². The first-order valence-corrected chi connectivity index (χ1v) is 5.87. The van der Waals surface area contributed by atoms with E-state index in [9.17, 15) is 0 Å². The fourth-order valence-corrected chi connectivity index (χ4v) is 1.97. The highest BCUT2D eigenvalue weighted by molar-refractivity contribution is 4.93. The molecule has 3 heteroatoms. The largest absolute Gasteiger partial charge is 0.303 e. The van der Waals surface area contributed by atoms with Gasteiger partial charge in [-0.1, -0.05) is 6.92 Å². The van der Waals surface area contributed by atoms with Crippen LogP contribution in [0.4, 0.5) is 0 Å². The Bertz CT molecular complexity index is 232. The van der Waals surface area contributed by atoms with Crippen LogP contribution in [0.1, 0.15) is 27.2 Å². The van der Waals surface area contributed by atoms with E-state index in [1.54, 1.807) is 0 Å². The minimum Gasteiger partial charge on any atom is -0.303 e. The maximum absolute atomic E-state index is 8.99. The van der Waals surface area contributed by atoms with Crippen LogP contribution in [0.2, 0.25) is 0 Å². The molecule has 1 N–H and O–H groups in total. The molecule has 0 aromatic heterocycles. The van der Waals surface area contributed by atoms with Crippen molar-refractivity contribution in [2.45, 2.75) is 39.3 Å². The summed E-state index contributed by atoms with van der Waals surface area (Å²) in [7, 11) is 2.11. The summed E-state index contributed by atoms with van der Waals surface area (Å²) >= 11 is 0. The van der Waals surface area contributed by atoms with E-state index >= 15 is 0 Å². The summed E-state index contributed by atoms with van der Waals surface area (Å²) in [5, 5.41) is 12.2. The van der Waals surface area contributed by atoms with E-state index in [1.165, 1.54) is 6.42 Å². The van der Waals surface area contributed by atoms with Crippen LogP contribution in [0.25, 0.3) is 0 Å². The molecule has 3 atom stereocenters. The van der Waals surface area contributed by atoms with Crippen LogP contribution < -0.4 is 5.32 Å². The first kappa shape index (κ1) is 12.5. The molecule has 0 radical (unpaired) electrons. The minimum absolute atomic E-state index is 0.0379. The van der Waals surface area contributed by atoms with Crippen molar-refractivity contribution in [3.63, 3.8) is 0 Å². The van der Waals surface area contributed by atoms with Crippen LogP contribution in [0, 0.1) is 23.2 Å². The SMILES string of the molecule is CC(C)NC(C#N)CN(C)CC1CC1C. The molecular weight excluding hydrogens is 186 g/mol. The Hall–Kier alpha value is -0.590. The van der Waals surface area contributed by atoms with Gasteiger partial charge < -0.3 is 4.90 Å². The maximum Gasteiger partial charge on any atom is 0.108 e. The summed E-state index contributed by atoms with van der Waals surface area (Å²) in [4.78, 5) is 2.28. The zero-order valence-electron chi connectivity index (χ0n) is 10.3. The lowest BCUT2D eigenvalue weighted by molar-refractivity contribution is 0.289. The first-order valence-electron chi connectivity index (χ1n) is 5.87. The predicted molar refractivity (Wildman–Crippen MR) is 62.4 cm³/mol. The summed E-state index contributed by atoms with van der Waals surface area (Å²) in [5.41, 5.74) is 0. The van der Waals surface area contributed by atoms with Gasteiger partial charge in [0.05, 0.1) is 6.07 Å². The molecule has 1 aliphatic carbocycles. The van der Waals surface area contributed by atoms with Crippen molar-refractivity contribution in [2.75, 3.05) is 20.1 Å². The Morgan fingerprint density at radius 1 is 1.53 bits per heavy atom. The average molecular weight is 209 g/mol. The van der Waals surface area contributed by atoms with Gasteiger partial charge in [0.25, 0.3) is 0 Å². The topological polar surface area (TPSA) is 39.1 Å². The van der Waals surface area contributed by atoms with Gasteiger partial charge in [-0.2, -0.15) is 5.26 Å². The fraction of sp³-hybridized carbons (Fsp3) is 0.917. The molecule has 0 heterocycles. The van der Waals surface area contributed by atoms with E-state index in [1.807, 2.05) is 0 Å². The molecule has 1 rings (SSSR count). The highest BCUT2D eigenvalue weighted by atomic mass is 15.1.